The zero-order chi connectivity index (χ0) is 35.3. The van der Waals surface area contributed by atoms with Crippen molar-refractivity contribution in [2.75, 3.05) is 44.3 Å². The summed E-state index contributed by atoms with van der Waals surface area (Å²) in [6.07, 6.45) is 7.02. The van der Waals surface area contributed by atoms with Gasteiger partial charge in [0.25, 0.3) is 0 Å². The van der Waals surface area contributed by atoms with Crippen LogP contribution >= 0.6 is 8.86 Å². The molecule has 0 aromatic rings. The molecule has 0 bridgehead atoms. The van der Waals surface area contributed by atoms with Crippen molar-refractivity contribution in [3.8, 4) is 0 Å². The Balaban J connectivity index is 1.36. The van der Waals surface area contributed by atoms with Crippen LogP contribution in [0.3, 0.4) is 0 Å². The molecule has 1 spiro atoms. The Labute approximate surface area is 289 Å². The van der Waals surface area contributed by atoms with Gasteiger partial charge in [-0.1, -0.05) is 28.8 Å². The molecule has 1 aliphatic carbocycles. The van der Waals surface area contributed by atoms with E-state index in [1.807, 2.05) is 18.7 Å². The lowest BCUT2D eigenvalue weighted by molar-refractivity contribution is 0.108. The molecule has 3 N–H and O–H groups in total. The van der Waals surface area contributed by atoms with Gasteiger partial charge in [0.2, 0.25) is 0 Å². The number of aliphatic hydroxyl groups is 1. The number of piperidine rings is 1. The van der Waals surface area contributed by atoms with Crippen LogP contribution in [0, 0.1) is 11.3 Å². The van der Waals surface area contributed by atoms with Gasteiger partial charge in [0.15, 0.2) is 21.6 Å². The Morgan fingerprint density at radius 1 is 1.27 bits per heavy atom. The van der Waals surface area contributed by atoms with E-state index in [1.165, 1.54) is 18.4 Å². The van der Waals surface area contributed by atoms with Gasteiger partial charge in [0.1, 0.15) is 23.6 Å². The second-order valence-electron chi connectivity index (χ2n) is 14.5. The van der Waals surface area contributed by atoms with E-state index in [9.17, 15) is 17.9 Å². The molecule has 0 saturated carbocycles. The van der Waals surface area contributed by atoms with Crippen LogP contribution in [0.25, 0.3) is 0 Å². The van der Waals surface area contributed by atoms with Gasteiger partial charge in [-0.25, -0.2) is 26.6 Å². The maximum Gasteiger partial charge on any atom is 0.188 e. The maximum absolute atomic E-state index is 16.7. The van der Waals surface area contributed by atoms with Crippen LogP contribution in [-0.4, -0.2) is 109 Å². The van der Waals surface area contributed by atoms with E-state index < -0.39 is 50.9 Å². The number of likely N-dealkylation sites (tertiary alicyclic amines) is 1. The molecule has 5 heterocycles. The minimum absolute atomic E-state index is 0.0200. The highest BCUT2D eigenvalue weighted by Gasteiger charge is 2.52. The number of sulfone groups is 1. The summed E-state index contributed by atoms with van der Waals surface area (Å²) in [7, 11) is 0.412. The number of hydrogen-bond acceptors (Lipinski definition) is 7. The summed E-state index contributed by atoms with van der Waals surface area (Å²) < 4.78 is 76.8. The van der Waals surface area contributed by atoms with Gasteiger partial charge in [0.05, 0.1) is 29.9 Å². The van der Waals surface area contributed by atoms with E-state index >= 15 is 8.78 Å². The molecule has 4 fully saturated rings. The van der Waals surface area contributed by atoms with Crippen molar-refractivity contribution in [1.82, 2.24) is 9.80 Å². The molecule has 5 atom stereocenters. The van der Waals surface area contributed by atoms with Crippen LogP contribution in [0.5, 0.6) is 0 Å². The van der Waals surface area contributed by atoms with Crippen molar-refractivity contribution < 1.29 is 31.4 Å². The summed E-state index contributed by atoms with van der Waals surface area (Å²) in [4.78, 5) is 13.4. The lowest BCUT2D eigenvalue weighted by Gasteiger charge is -2.49. The van der Waals surface area contributed by atoms with Crippen molar-refractivity contribution in [3.05, 3.63) is 58.3 Å². The van der Waals surface area contributed by atoms with E-state index in [0.29, 0.717) is 61.5 Å². The Bertz CT molecular complexity index is 1710. The van der Waals surface area contributed by atoms with E-state index in [-0.39, 0.29) is 40.8 Å². The molecular weight excluding hydrogens is 674 g/mol. The highest BCUT2D eigenvalue weighted by Crippen LogP contribution is 2.43. The zero-order valence-electron chi connectivity index (χ0n) is 28.4. The van der Waals surface area contributed by atoms with Crippen LogP contribution in [-0.2, 0) is 14.6 Å². The molecule has 6 rings (SSSR count). The molecule has 4 saturated heterocycles. The molecule has 0 aromatic carbocycles. The Morgan fingerprint density at radius 3 is 2.69 bits per heavy atom. The number of halogens is 3. The summed E-state index contributed by atoms with van der Waals surface area (Å²) in [6, 6.07) is -1.25. The first-order valence-corrected chi connectivity index (χ1v) is 19.5. The molecule has 0 aromatic heterocycles. The molecule has 0 radical (unpaired) electrons. The fourth-order valence-electron chi connectivity index (χ4n) is 8.83. The molecule has 49 heavy (non-hydrogen) atoms. The fraction of sp³-hybridized carbons (Fsp3) is 0.629. The van der Waals surface area contributed by atoms with Gasteiger partial charge in [0, 0.05) is 60.3 Å². The SMILES string of the molecule is C/C=C(F)\C(CC)=C1\C(C2=NC=C(/C(=N\C(=P)OC[C@@]34CCCN3C[C@H](F)C4)N3CCCC4(C3)CS(=O)(=O)C4)C(N)C2F)=CC(O)=CC1C. The Kier molecular flexibility index (Phi) is 10.2. The average Bonchev–Trinajstić information content (AvgIpc) is 3.56. The highest BCUT2D eigenvalue weighted by molar-refractivity contribution is 7.92. The Hall–Kier alpha value is -2.57. The first kappa shape index (κ1) is 36.2. The third kappa shape index (κ3) is 7.03. The molecular formula is C35H47F3N5O4PS. The van der Waals surface area contributed by atoms with Gasteiger partial charge >= 0.3 is 0 Å². The predicted molar refractivity (Wildman–Crippen MR) is 190 cm³/mol. The maximum atomic E-state index is 16.7. The van der Waals surface area contributed by atoms with Crippen LogP contribution in [0.4, 0.5) is 13.2 Å². The number of aliphatic hydroxyl groups excluding tert-OH is 1. The predicted octanol–water partition coefficient (Wildman–Crippen LogP) is 5.32. The largest absolute Gasteiger partial charge is 0.508 e. The zero-order valence-corrected chi connectivity index (χ0v) is 30.2. The average molecular weight is 722 g/mol. The summed E-state index contributed by atoms with van der Waals surface area (Å²) in [6.45, 7) is 7.57. The van der Waals surface area contributed by atoms with Crippen molar-refractivity contribution >= 4 is 35.9 Å². The first-order valence-electron chi connectivity index (χ1n) is 17.2. The molecule has 0 amide bonds. The van der Waals surface area contributed by atoms with Crippen molar-refractivity contribution in [3.63, 3.8) is 0 Å². The number of alkyl halides is 2. The number of rotatable bonds is 8. The standard InChI is InChI=1S/C35H47F3N5O4PS/c1-4-24(27(37)5-2)28-21(3)12-23(44)13-25(28)31-29(38)30(39)26(15-40-31)32(42-10-6-8-34(17-42)19-49(45,46)20-34)41-33(48)47-18-35-9-7-11-43(35)16-22(36)14-35/h5,12-13,15,21-22,29-30,44,48H,4,6-11,14,16-20,39H2,1-3H3/b27-5+,28-24+,41-32+/t21?,22-,29?,30?,35+/m1/s1. The number of aliphatic imine (C=N–C) groups is 2. The number of nitrogens with zero attached hydrogens (tertiary/aromatic N) is 4. The lowest BCUT2D eigenvalue weighted by Crippen LogP contribution is -2.59. The summed E-state index contributed by atoms with van der Waals surface area (Å²) in [5, 5.41) is 10.5. The number of fused-ring (bicyclic) bond motifs is 1. The third-order valence-corrected chi connectivity index (χ3v) is 13.3. The van der Waals surface area contributed by atoms with Crippen molar-refractivity contribution in [2.45, 2.75) is 83.2 Å². The van der Waals surface area contributed by atoms with Gasteiger partial charge in [-0.05, 0) is 68.9 Å². The van der Waals surface area contributed by atoms with E-state index in [2.05, 4.69) is 18.8 Å². The van der Waals surface area contributed by atoms with Gasteiger partial charge in [-0.15, -0.1) is 0 Å². The smallest absolute Gasteiger partial charge is 0.188 e. The molecule has 9 nitrogen and oxygen atoms in total. The van der Waals surface area contributed by atoms with Crippen molar-refractivity contribution in [2.24, 2.45) is 27.1 Å². The van der Waals surface area contributed by atoms with E-state index in [4.69, 9.17) is 15.5 Å². The van der Waals surface area contributed by atoms with Crippen LogP contribution in [0.1, 0.15) is 59.3 Å². The second-order valence-corrected chi connectivity index (χ2v) is 17.0. The minimum atomic E-state index is -3.12. The summed E-state index contributed by atoms with van der Waals surface area (Å²) >= 11 is 0. The minimum Gasteiger partial charge on any atom is -0.508 e. The van der Waals surface area contributed by atoms with Gasteiger partial charge in [-0.3, -0.25) is 9.89 Å². The number of hydrogen-bond donors (Lipinski definition) is 2. The van der Waals surface area contributed by atoms with E-state index in [0.717, 1.165) is 25.8 Å². The lowest BCUT2D eigenvalue weighted by atomic mass is 9.79. The molecule has 14 heteroatoms. The molecule has 268 valence electrons. The highest BCUT2D eigenvalue weighted by atomic mass is 32.2. The normalized spacial score (nSPS) is 34.1. The summed E-state index contributed by atoms with van der Waals surface area (Å²) in [5.41, 5.74) is 7.45. The number of amidine groups is 1. The van der Waals surface area contributed by atoms with Gasteiger partial charge < -0.3 is 20.5 Å². The number of allylic oxidation sites excluding steroid dienone is 7. The van der Waals surface area contributed by atoms with Crippen LogP contribution in [0.2, 0.25) is 0 Å². The number of nitrogens with two attached hydrogens (primary N) is 1. The Morgan fingerprint density at radius 2 is 2.00 bits per heavy atom. The first-order chi connectivity index (χ1) is 23.2. The quantitative estimate of drug-likeness (QED) is 0.198. The molecule has 5 aliphatic heterocycles. The summed E-state index contributed by atoms with van der Waals surface area (Å²) in [5.74, 6) is -0.442. The topological polar surface area (TPSA) is 121 Å². The fourth-order valence-corrected chi connectivity index (χ4v) is 11.3. The van der Waals surface area contributed by atoms with Crippen molar-refractivity contribution in [1.29, 1.82) is 0 Å². The molecule has 3 unspecified atom stereocenters. The van der Waals surface area contributed by atoms with Crippen LogP contribution < -0.4 is 5.73 Å². The van der Waals surface area contributed by atoms with E-state index in [1.54, 1.807) is 13.0 Å². The second kappa shape index (κ2) is 13.9. The monoisotopic (exact) mass is 721 g/mol. The van der Waals surface area contributed by atoms with Crippen LogP contribution in [0.15, 0.2) is 68.3 Å². The molecule has 6 aliphatic rings. The third-order valence-electron chi connectivity index (χ3n) is 11.0. The van der Waals surface area contributed by atoms with Gasteiger partial charge in [-0.2, -0.15) is 0 Å². The number of ether oxygens (including phenoxy) is 1.